The summed E-state index contributed by atoms with van der Waals surface area (Å²) in [6, 6.07) is 5.44. The van der Waals surface area contributed by atoms with Crippen molar-refractivity contribution in [2.45, 2.75) is 64.5 Å². The Balaban J connectivity index is 1.67. The summed E-state index contributed by atoms with van der Waals surface area (Å²) >= 11 is 0. The van der Waals surface area contributed by atoms with E-state index in [0.29, 0.717) is 36.1 Å². The van der Waals surface area contributed by atoms with Crippen molar-refractivity contribution < 1.29 is 9.47 Å². The lowest BCUT2D eigenvalue weighted by Gasteiger charge is -2.32. The standard InChI is InChI=1S/C24H32N6O3/c1-4-24(2,3)30-22(26-27-28-30)21(29-9-7-5-6-8-10-29)17-13-16-14-19-20(33-12-11-32-19)15-18(16)25-23(17)31/h13-15,21H,4-12H2,1-3H3,(H,25,31)/t21-/m0/s1. The van der Waals surface area contributed by atoms with Crippen LogP contribution in [0.3, 0.4) is 0 Å². The van der Waals surface area contributed by atoms with Gasteiger partial charge in [-0.2, -0.15) is 0 Å². The number of rotatable bonds is 5. The van der Waals surface area contributed by atoms with Crippen LogP contribution in [-0.2, 0) is 5.54 Å². The van der Waals surface area contributed by atoms with Crippen LogP contribution in [0.5, 0.6) is 11.5 Å². The second-order valence-corrected chi connectivity index (χ2v) is 9.60. The molecular weight excluding hydrogens is 420 g/mol. The molecule has 1 fully saturated rings. The lowest BCUT2D eigenvalue weighted by atomic mass is 9.99. The highest BCUT2D eigenvalue weighted by Gasteiger charge is 2.34. The molecule has 3 aromatic rings. The Morgan fingerprint density at radius 1 is 1.06 bits per heavy atom. The summed E-state index contributed by atoms with van der Waals surface area (Å²) in [6.45, 7) is 9.22. The van der Waals surface area contributed by atoms with Crippen molar-refractivity contribution in [1.29, 1.82) is 0 Å². The van der Waals surface area contributed by atoms with Crippen molar-refractivity contribution in [2.24, 2.45) is 0 Å². The maximum absolute atomic E-state index is 13.5. The van der Waals surface area contributed by atoms with E-state index < -0.39 is 0 Å². The second-order valence-electron chi connectivity index (χ2n) is 9.60. The lowest BCUT2D eigenvalue weighted by Crippen LogP contribution is -2.38. The van der Waals surface area contributed by atoms with E-state index in [1.54, 1.807) is 0 Å². The topological polar surface area (TPSA) is 98.2 Å². The second kappa shape index (κ2) is 8.78. The first-order valence-corrected chi connectivity index (χ1v) is 12.0. The molecule has 0 aliphatic carbocycles. The highest BCUT2D eigenvalue weighted by molar-refractivity contribution is 5.83. The third kappa shape index (κ3) is 4.10. The predicted molar refractivity (Wildman–Crippen MR) is 125 cm³/mol. The lowest BCUT2D eigenvalue weighted by molar-refractivity contribution is 0.172. The van der Waals surface area contributed by atoms with Crippen LogP contribution in [-0.4, -0.2) is 56.4 Å². The van der Waals surface area contributed by atoms with Crippen LogP contribution < -0.4 is 15.0 Å². The van der Waals surface area contributed by atoms with Gasteiger partial charge in [0.15, 0.2) is 17.3 Å². The molecule has 0 saturated carbocycles. The van der Waals surface area contributed by atoms with Gasteiger partial charge in [-0.1, -0.05) is 19.8 Å². The fourth-order valence-electron chi connectivity index (χ4n) is 4.76. The minimum absolute atomic E-state index is 0.128. The van der Waals surface area contributed by atoms with Crippen LogP contribution in [0.25, 0.3) is 10.9 Å². The highest BCUT2D eigenvalue weighted by atomic mass is 16.6. The summed E-state index contributed by atoms with van der Waals surface area (Å²) in [7, 11) is 0. The van der Waals surface area contributed by atoms with Gasteiger partial charge in [0.1, 0.15) is 19.3 Å². The number of nitrogens with one attached hydrogen (secondary N) is 1. The summed E-state index contributed by atoms with van der Waals surface area (Å²) in [5.74, 6) is 2.08. The van der Waals surface area contributed by atoms with Crippen molar-refractivity contribution in [3.63, 3.8) is 0 Å². The van der Waals surface area contributed by atoms with E-state index in [2.05, 4.69) is 46.2 Å². The molecule has 0 amide bonds. The number of fused-ring (bicyclic) bond motifs is 2. The molecule has 4 heterocycles. The number of ether oxygens (including phenoxy) is 2. The van der Waals surface area contributed by atoms with Crippen molar-refractivity contribution in [3.8, 4) is 11.5 Å². The first-order chi connectivity index (χ1) is 16.0. The van der Waals surface area contributed by atoms with Gasteiger partial charge < -0.3 is 14.5 Å². The molecule has 5 rings (SSSR count). The summed E-state index contributed by atoms with van der Waals surface area (Å²) in [5.41, 5.74) is 0.994. The molecule has 2 aliphatic heterocycles. The molecule has 0 spiro atoms. The Hall–Kier alpha value is -2.94. The van der Waals surface area contributed by atoms with Gasteiger partial charge >= 0.3 is 0 Å². The molecule has 33 heavy (non-hydrogen) atoms. The van der Waals surface area contributed by atoms with Crippen LogP contribution >= 0.6 is 0 Å². The zero-order valence-corrected chi connectivity index (χ0v) is 19.6. The summed E-state index contributed by atoms with van der Waals surface area (Å²) in [6.07, 6.45) is 5.46. The number of H-pyrrole nitrogens is 1. The average molecular weight is 453 g/mol. The number of pyridine rings is 1. The van der Waals surface area contributed by atoms with Crippen LogP contribution in [0.15, 0.2) is 23.0 Å². The van der Waals surface area contributed by atoms with E-state index in [4.69, 9.17) is 9.47 Å². The number of aromatic nitrogens is 5. The maximum Gasteiger partial charge on any atom is 0.253 e. The molecule has 0 radical (unpaired) electrons. The Morgan fingerprint density at radius 2 is 1.76 bits per heavy atom. The van der Waals surface area contributed by atoms with E-state index in [9.17, 15) is 4.79 Å². The summed E-state index contributed by atoms with van der Waals surface area (Å²) in [4.78, 5) is 18.9. The molecule has 1 aromatic carbocycles. The Kier molecular flexibility index (Phi) is 5.82. The number of hydrogen-bond acceptors (Lipinski definition) is 7. The zero-order chi connectivity index (χ0) is 23.0. The molecule has 2 aliphatic rings. The quantitative estimate of drug-likeness (QED) is 0.633. The third-order valence-electron chi connectivity index (χ3n) is 7.01. The van der Waals surface area contributed by atoms with Gasteiger partial charge in [-0.25, -0.2) is 4.68 Å². The normalized spacial score (nSPS) is 18.3. The van der Waals surface area contributed by atoms with Gasteiger partial charge in [-0.3, -0.25) is 9.69 Å². The monoisotopic (exact) mass is 452 g/mol. The van der Waals surface area contributed by atoms with Gasteiger partial charge in [0.25, 0.3) is 5.56 Å². The maximum atomic E-state index is 13.5. The Bertz CT molecular complexity index is 1190. The van der Waals surface area contributed by atoms with Gasteiger partial charge in [-0.15, -0.1) is 5.10 Å². The smallest absolute Gasteiger partial charge is 0.253 e. The first-order valence-electron chi connectivity index (χ1n) is 12.0. The number of hydrogen-bond donors (Lipinski definition) is 1. The molecule has 0 unspecified atom stereocenters. The number of tetrazole rings is 1. The number of benzene rings is 1. The highest BCUT2D eigenvalue weighted by Crippen LogP contribution is 2.36. The molecular formula is C24H32N6O3. The van der Waals surface area contributed by atoms with Crippen molar-refractivity contribution in [2.75, 3.05) is 26.3 Å². The van der Waals surface area contributed by atoms with Crippen LogP contribution in [0.1, 0.15) is 70.3 Å². The summed E-state index contributed by atoms with van der Waals surface area (Å²) < 4.78 is 13.4. The molecule has 9 heteroatoms. The van der Waals surface area contributed by atoms with E-state index >= 15 is 0 Å². The average Bonchev–Trinajstić information content (AvgIpc) is 3.15. The van der Waals surface area contributed by atoms with E-state index in [1.165, 1.54) is 12.8 Å². The fourth-order valence-corrected chi connectivity index (χ4v) is 4.76. The van der Waals surface area contributed by atoms with Crippen molar-refractivity contribution >= 4 is 10.9 Å². The SMILES string of the molecule is CCC(C)(C)n1nnnc1[C@H](c1cc2cc3c(cc2[nH]c1=O)OCCO3)N1CCCCCC1. The van der Waals surface area contributed by atoms with E-state index in [0.717, 1.165) is 43.3 Å². The van der Waals surface area contributed by atoms with Crippen LogP contribution in [0.4, 0.5) is 0 Å². The fraction of sp³-hybridized carbons (Fsp3) is 0.583. The first kappa shape index (κ1) is 21.9. The van der Waals surface area contributed by atoms with Crippen LogP contribution in [0.2, 0.25) is 0 Å². The van der Waals surface area contributed by atoms with Gasteiger partial charge in [0.2, 0.25) is 0 Å². The van der Waals surface area contributed by atoms with E-state index in [1.807, 2.05) is 22.9 Å². The van der Waals surface area contributed by atoms with Gasteiger partial charge in [-0.05, 0) is 68.8 Å². The molecule has 1 saturated heterocycles. The molecule has 0 bridgehead atoms. The molecule has 9 nitrogen and oxygen atoms in total. The van der Waals surface area contributed by atoms with Gasteiger partial charge in [0, 0.05) is 17.0 Å². The largest absolute Gasteiger partial charge is 0.486 e. The predicted octanol–water partition coefficient (Wildman–Crippen LogP) is 3.40. The molecule has 2 aromatic heterocycles. The summed E-state index contributed by atoms with van der Waals surface area (Å²) in [5, 5.41) is 13.8. The minimum atomic E-state index is -0.328. The van der Waals surface area contributed by atoms with Gasteiger partial charge in [0.05, 0.1) is 11.1 Å². The molecule has 176 valence electrons. The minimum Gasteiger partial charge on any atom is -0.486 e. The number of nitrogens with zero attached hydrogens (tertiary/aromatic N) is 5. The van der Waals surface area contributed by atoms with Crippen molar-refractivity contribution in [1.82, 2.24) is 30.1 Å². The van der Waals surface area contributed by atoms with E-state index in [-0.39, 0.29) is 17.1 Å². The molecule has 1 N–H and O–H groups in total. The number of aromatic amines is 1. The zero-order valence-electron chi connectivity index (χ0n) is 19.6. The Labute approximate surface area is 193 Å². The third-order valence-corrected chi connectivity index (χ3v) is 7.01. The molecule has 1 atom stereocenters. The van der Waals surface area contributed by atoms with Crippen LogP contribution in [0, 0.1) is 0 Å². The van der Waals surface area contributed by atoms with Crippen molar-refractivity contribution in [3.05, 3.63) is 39.9 Å². The Morgan fingerprint density at radius 3 is 2.45 bits per heavy atom. The number of likely N-dealkylation sites (tertiary alicyclic amines) is 1.